The van der Waals surface area contributed by atoms with Gasteiger partial charge in [-0.2, -0.15) is 0 Å². The molecule has 0 atom stereocenters. The number of carbonyl (C=O) groups excluding carboxylic acids is 1. The summed E-state index contributed by atoms with van der Waals surface area (Å²) in [4.78, 5) is 14.4. The van der Waals surface area contributed by atoms with E-state index in [1.165, 1.54) is 0 Å². The lowest BCUT2D eigenvalue weighted by atomic mass is 9.98. The molecular weight excluding hydrogens is 392 g/mol. The third-order valence-electron chi connectivity index (χ3n) is 3.94. The van der Waals surface area contributed by atoms with Gasteiger partial charge in [-0.1, -0.05) is 40.2 Å². The van der Waals surface area contributed by atoms with Gasteiger partial charge in [0.1, 0.15) is 4.66 Å². The van der Waals surface area contributed by atoms with Crippen LogP contribution in [0.15, 0.2) is 48.5 Å². The zero-order valence-electron chi connectivity index (χ0n) is 12.9. The zero-order valence-corrected chi connectivity index (χ0v) is 15.3. The first kappa shape index (κ1) is 17.0. The van der Waals surface area contributed by atoms with Gasteiger partial charge in [-0.25, -0.2) is 8.42 Å². The molecule has 0 bridgehead atoms. The van der Waals surface area contributed by atoms with Crippen LogP contribution in [-0.4, -0.2) is 30.4 Å². The van der Waals surface area contributed by atoms with E-state index in [2.05, 4.69) is 20.7 Å². The average molecular weight is 409 g/mol. The Hall–Kier alpha value is -1.86. The molecule has 24 heavy (non-hydrogen) atoms. The number of hydrogen-bond acceptors (Lipinski definition) is 3. The maximum atomic E-state index is 12.6. The highest BCUT2D eigenvalue weighted by atomic mass is 79.9. The molecule has 1 aliphatic heterocycles. The van der Waals surface area contributed by atoms with E-state index in [1.807, 2.05) is 24.3 Å². The highest BCUT2D eigenvalue weighted by molar-refractivity contribution is 9.10. The summed E-state index contributed by atoms with van der Waals surface area (Å²) >= 11 is 2.95. The van der Waals surface area contributed by atoms with E-state index in [9.17, 15) is 13.2 Å². The number of halogens is 1. The Morgan fingerprint density at radius 2 is 1.88 bits per heavy atom. The van der Waals surface area contributed by atoms with E-state index in [0.29, 0.717) is 24.3 Å². The molecule has 7 heteroatoms. The molecule has 126 valence electrons. The lowest BCUT2D eigenvalue weighted by molar-refractivity contribution is 0.0734. The number of nitrogens with one attached hydrogen (secondary N) is 1. The molecule has 3 rings (SSSR count). The lowest BCUT2D eigenvalue weighted by Crippen LogP contribution is -2.36. The van der Waals surface area contributed by atoms with Crippen LogP contribution in [0.4, 0.5) is 5.69 Å². The summed E-state index contributed by atoms with van der Waals surface area (Å²) in [6, 6.07) is 14.7. The van der Waals surface area contributed by atoms with Crippen molar-refractivity contribution in [2.75, 3.05) is 15.9 Å². The van der Waals surface area contributed by atoms with Crippen LogP contribution in [-0.2, 0) is 23.0 Å². The van der Waals surface area contributed by atoms with E-state index in [1.54, 1.807) is 29.2 Å². The van der Waals surface area contributed by atoms with Gasteiger partial charge >= 0.3 is 0 Å². The third kappa shape index (κ3) is 3.79. The second-order valence-electron chi connectivity index (χ2n) is 5.65. The van der Waals surface area contributed by atoms with Crippen LogP contribution in [0.3, 0.4) is 0 Å². The Balaban J connectivity index is 1.80. The number of nitrogens with zero attached hydrogens (tertiary/aromatic N) is 1. The van der Waals surface area contributed by atoms with Gasteiger partial charge in [-0.3, -0.25) is 9.52 Å². The van der Waals surface area contributed by atoms with Gasteiger partial charge in [0.15, 0.2) is 0 Å². The normalized spacial score (nSPS) is 14.1. The van der Waals surface area contributed by atoms with Crippen molar-refractivity contribution in [3.8, 4) is 0 Å². The highest BCUT2D eigenvalue weighted by Crippen LogP contribution is 2.24. The Morgan fingerprint density at radius 1 is 1.12 bits per heavy atom. The molecule has 1 heterocycles. The predicted octanol–water partition coefficient (Wildman–Crippen LogP) is 2.98. The van der Waals surface area contributed by atoms with Crippen LogP contribution in [0.1, 0.15) is 21.5 Å². The van der Waals surface area contributed by atoms with Crippen molar-refractivity contribution in [3.63, 3.8) is 0 Å². The van der Waals surface area contributed by atoms with E-state index >= 15 is 0 Å². The largest absolute Gasteiger partial charge is 0.334 e. The molecule has 1 amide bonds. The van der Waals surface area contributed by atoms with Crippen molar-refractivity contribution >= 4 is 37.5 Å². The molecule has 0 spiro atoms. The van der Waals surface area contributed by atoms with Gasteiger partial charge in [0.2, 0.25) is 10.0 Å². The number of alkyl halides is 1. The Labute approximate surface area is 149 Å². The zero-order chi connectivity index (χ0) is 17.2. The average Bonchev–Trinajstić information content (AvgIpc) is 2.61. The Bertz CT molecular complexity index is 853. The maximum Gasteiger partial charge on any atom is 0.254 e. The first-order valence-electron chi connectivity index (χ1n) is 7.51. The Morgan fingerprint density at radius 3 is 2.58 bits per heavy atom. The number of carbonyl (C=O) groups is 1. The number of anilines is 1. The van der Waals surface area contributed by atoms with Gasteiger partial charge in [0.05, 0.1) is 0 Å². The van der Waals surface area contributed by atoms with Crippen molar-refractivity contribution in [1.82, 2.24) is 4.90 Å². The van der Waals surface area contributed by atoms with E-state index < -0.39 is 10.0 Å². The SMILES string of the molecule is O=C(c1ccccc1)N1CCc2ccc(NS(=O)(=O)CBr)cc2C1. The first-order valence-corrected chi connectivity index (χ1v) is 10.3. The molecule has 0 fully saturated rings. The van der Waals surface area contributed by atoms with Crippen LogP contribution in [0.2, 0.25) is 0 Å². The smallest absolute Gasteiger partial charge is 0.254 e. The van der Waals surface area contributed by atoms with Gasteiger partial charge < -0.3 is 4.90 Å². The fourth-order valence-corrected chi connectivity index (χ4v) is 3.65. The quantitative estimate of drug-likeness (QED) is 0.790. The van der Waals surface area contributed by atoms with Crippen molar-refractivity contribution in [2.45, 2.75) is 13.0 Å². The molecular formula is C17H17BrN2O3S. The van der Waals surface area contributed by atoms with Crippen LogP contribution in [0.25, 0.3) is 0 Å². The Kier molecular flexibility index (Phi) is 4.91. The number of amides is 1. The fraction of sp³-hybridized carbons (Fsp3) is 0.235. The summed E-state index contributed by atoms with van der Waals surface area (Å²) < 4.78 is 25.7. The molecule has 5 nitrogen and oxygen atoms in total. The minimum atomic E-state index is -3.39. The van der Waals surface area contributed by atoms with Gasteiger partial charge in [0.25, 0.3) is 5.91 Å². The molecule has 0 aromatic heterocycles. The number of rotatable bonds is 4. The standard InChI is InChI=1S/C17H17BrN2O3S/c18-12-24(22,23)19-16-7-6-13-8-9-20(11-15(13)10-16)17(21)14-4-2-1-3-5-14/h1-7,10,19H,8-9,11-12H2. The molecule has 0 aliphatic carbocycles. The summed E-state index contributed by atoms with van der Waals surface area (Å²) in [5, 5.41) is 0. The van der Waals surface area contributed by atoms with Crippen LogP contribution >= 0.6 is 15.9 Å². The van der Waals surface area contributed by atoms with E-state index in [-0.39, 0.29) is 10.6 Å². The highest BCUT2D eigenvalue weighted by Gasteiger charge is 2.22. The molecule has 2 aromatic rings. The second kappa shape index (κ2) is 6.94. The molecule has 0 saturated carbocycles. The summed E-state index contributed by atoms with van der Waals surface area (Å²) in [5.41, 5.74) is 3.30. The molecule has 0 unspecified atom stereocenters. The maximum absolute atomic E-state index is 12.6. The number of hydrogen-bond donors (Lipinski definition) is 1. The third-order valence-corrected chi connectivity index (χ3v) is 6.59. The lowest BCUT2D eigenvalue weighted by Gasteiger charge is -2.29. The first-order chi connectivity index (χ1) is 11.5. The summed E-state index contributed by atoms with van der Waals surface area (Å²) in [5.74, 6) is -0.00677. The number of fused-ring (bicyclic) bond motifs is 1. The van der Waals surface area contributed by atoms with E-state index in [0.717, 1.165) is 17.5 Å². The number of benzene rings is 2. The monoisotopic (exact) mass is 408 g/mol. The molecule has 1 aliphatic rings. The van der Waals surface area contributed by atoms with Crippen molar-refractivity contribution in [2.24, 2.45) is 0 Å². The molecule has 1 N–H and O–H groups in total. The number of sulfonamides is 1. The molecule has 0 radical (unpaired) electrons. The predicted molar refractivity (Wildman–Crippen MR) is 97.7 cm³/mol. The van der Waals surface area contributed by atoms with Gasteiger partial charge in [-0.05, 0) is 41.8 Å². The summed E-state index contributed by atoms with van der Waals surface area (Å²) in [6.07, 6.45) is 0.763. The van der Waals surface area contributed by atoms with Crippen molar-refractivity contribution in [3.05, 3.63) is 65.2 Å². The summed E-state index contributed by atoms with van der Waals surface area (Å²) in [6.45, 7) is 1.14. The van der Waals surface area contributed by atoms with Crippen LogP contribution in [0, 0.1) is 0 Å². The van der Waals surface area contributed by atoms with Crippen LogP contribution < -0.4 is 4.72 Å². The van der Waals surface area contributed by atoms with Gasteiger partial charge in [0, 0.05) is 24.3 Å². The van der Waals surface area contributed by atoms with Crippen LogP contribution in [0.5, 0.6) is 0 Å². The van der Waals surface area contributed by atoms with Crippen molar-refractivity contribution < 1.29 is 13.2 Å². The fourth-order valence-electron chi connectivity index (χ4n) is 2.76. The summed E-state index contributed by atoms with van der Waals surface area (Å²) in [7, 11) is -3.39. The molecule has 2 aromatic carbocycles. The second-order valence-corrected chi connectivity index (χ2v) is 8.68. The topological polar surface area (TPSA) is 66.5 Å². The van der Waals surface area contributed by atoms with Crippen molar-refractivity contribution in [1.29, 1.82) is 0 Å². The minimum absolute atomic E-state index is 0.00677. The van der Waals surface area contributed by atoms with Gasteiger partial charge in [-0.15, -0.1) is 0 Å². The minimum Gasteiger partial charge on any atom is -0.334 e. The van der Waals surface area contributed by atoms with E-state index in [4.69, 9.17) is 0 Å². The molecule has 0 saturated heterocycles.